The zero-order valence-electron chi connectivity index (χ0n) is 24.4. The van der Waals surface area contributed by atoms with Crippen LogP contribution in [0.4, 0.5) is 5.69 Å². The second-order valence-electron chi connectivity index (χ2n) is 12.2. The Bertz CT molecular complexity index is 1460. The van der Waals surface area contributed by atoms with E-state index in [9.17, 15) is 14.4 Å². The summed E-state index contributed by atoms with van der Waals surface area (Å²) in [5.74, 6) is -0.155. The molecule has 3 fully saturated rings. The van der Waals surface area contributed by atoms with Crippen molar-refractivity contribution in [2.24, 2.45) is 17.8 Å². The molecule has 1 saturated carbocycles. The standard InChI is InChI=1S/C33H37N3O7/c1-3-40-22-11-9-21(10-12-22)34-30(37)27-25-14-15-33(43-25)28(27)32(39)36(17-20-8-13-24-26(16-20)42-18-41-24)29(33)31(38)35-23-7-5-4-6-19(23)2/h8-16,19,23,25,27-29H,3-7,17-18H2,1-2H3,(H,34,37)(H,35,38)/t19?,23?,25-,27?,28-,29?,33+/m0/s1. The Morgan fingerprint density at radius 2 is 1.84 bits per heavy atom. The molecule has 10 heteroatoms. The van der Waals surface area contributed by atoms with Crippen LogP contribution in [0.1, 0.15) is 45.1 Å². The Morgan fingerprint density at radius 1 is 1.05 bits per heavy atom. The highest BCUT2D eigenvalue weighted by molar-refractivity contribution is 6.02. The van der Waals surface area contributed by atoms with E-state index in [1.807, 2.05) is 37.3 Å². The van der Waals surface area contributed by atoms with E-state index < -0.39 is 29.6 Å². The van der Waals surface area contributed by atoms with E-state index in [0.717, 1.165) is 31.2 Å². The third-order valence-corrected chi connectivity index (χ3v) is 9.59. The Morgan fingerprint density at radius 3 is 2.63 bits per heavy atom. The number of anilines is 1. The molecule has 4 unspecified atom stereocenters. The molecule has 7 rings (SSSR count). The van der Waals surface area contributed by atoms with Crippen molar-refractivity contribution in [3.05, 3.63) is 60.2 Å². The molecule has 10 nitrogen and oxygen atoms in total. The lowest BCUT2D eigenvalue weighted by Crippen LogP contribution is -2.57. The molecule has 0 radical (unpaired) electrons. The van der Waals surface area contributed by atoms with Gasteiger partial charge in [-0.3, -0.25) is 14.4 Å². The van der Waals surface area contributed by atoms with Gasteiger partial charge < -0.3 is 34.5 Å². The number of rotatable bonds is 8. The summed E-state index contributed by atoms with van der Waals surface area (Å²) >= 11 is 0. The number of benzene rings is 2. The molecule has 1 aliphatic carbocycles. The maximum atomic E-state index is 14.3. The van der Waals surface area contributed by atoms with Gasteiger partial charge in [-0.05, 0) is 67.6 Å². The highest BCUT2D eigenvalue weighted by Gasteiger charge is 2.72. The van der Waals surface area contributed by atoms with Gasteiger partial charge >= 0.3 is 0 Å². The van der Waals surface area contributed by atoms with Crippen LogP contribution in [0.15, 0.2) is 54.6 Å². The number of fused-ring (bicyclic) bond motifs is 2. The Labute approximate surface area is 250 Å². The first kappa shape index (κ1) is 27.8. The average Bonchev–Trinajstić information content (AvgIpc) is 3.76. The third kappa shape index (κ3) is 4.72. The summed E-state index contributed by atoms with van der Waals surface area (Å²) in [6.45, 7) is 4.92. The van der Waals surface area contributed by atoms with Gasteiger partial charge in [0.1, 0.15) is 17.4 Å². The van der Waals surface area contributed by atoms with Crippen molar-refractivity contribution in [1.82, 2.24) is 10.2 Å². The lowest BCUT2D eigenvalue weighted by molar-refractivity contribution is -0.142. The first-order valence-electron chi connectivity index (χ1n) is 15.3. The van der Waals surface area contributed by atoms with E-state index in [4.69, 9.17) is 18.9 Å². The number of carbonyl (C=O) groups is 3. The average molecular weight is 588 g/mol. The van der Waals surface area contributed by atoms with Gasteiger partial charge in [-0.15, -0.1) is 0 Å². The second-order valence-corrected chi connectivity index (χ2v) is 12.2. The predicted molar refractivity (Wildman–Crippen MR) is 156 cm³/mol. The van der Waals surface area contributed by atoms with Crippen LogP contribution in [0.25, 0.3) is 0 Å². The van der Waals surface area contributed by atoms with Crippen LogP contribution < -0.4 is 24.8 Å². The molecule has 3 amide bonds. The summed E-state index contributed by atoms with van der Waals surface area (Å²) in [5.41, 5.74) is 0.158. The molecule has 2 aromatic carbocycles. The molecule has 4 heterocycles. The topological polar surface area (TPSA) is 115 Å². The first-order valence-corrected chi connectivity index (χ1v) is 15.3. The summed E-state index contributed by atoms with van der Waals surface area (Å²) in [6, 6.07) is 11.7. The maximum Gasteiger partial charge on any atom is 0.246 e. The number of hydrogen-bond donors (Lipinski definition) is 2. The van der Waals surface area contributed by atoms with E-state index >= 15 is 0 Å². The van der Waals surface area contributed by atoms with Crippen molar-refractivity contribution in [3.8, 4) is 17.2 Å². The minimum atomic E-state index is -1.24. The van der Waals surface area contributed by atoms with E-state index in [0.29, 0.717) is 35.5 Å². The molecule has 43 heavy (non-hydrogen) atoms. The zero-order chi connectivity index (χ0) is 29.7. The number of amides is 3. The van der Waals surface area contributed by atoms with Gasteiger partial charge in [-0.25, -0.2) is 0 Å². The van der Waals surface area contributed by atoms with Crippen LogP contribution in [-0.2, 0) is 25.7 Å². The fraction of sp³-hybridized carbons (Fsp3) is 0.485. The number of likely N-dealkylation sites (tertiary alicyclic amines) is 1. The van der Waals surface area contributed by atoms with Crippen molar-refractivity contribution < 1.29 is 33.3 Å². The maximum absolute atomic E-state index is 14.3. The van der Waals surface area contributed by atoms with Gasteiger partial charge in [0.2, 0.25) is 24.5 Å². The molecule has 2 aromatic rings. The van der Waals surface area contributed by atoms with Gasteiger partial charge in [-0.1, -0.05) is 38.0 Å². The van der Waals surface area contributed by atoms with Crippen LogP contribution in [0.3, 0.4) is 0 Å². The molecule has 0 aromatic heterocycles. The van der Waals surface area contributed by atoms with Gasteiger partial charge in [0, 0.05) is 18.3 Å². The van der Waals surface area contributed by atoms with Crippen molar-refractivity contribution in [3.63, 3.8) is 0 Å². The van der Waals surface area contributed by atoms with Crippen molar-refractivity contribution in [2.75, 3.05) is 18.7 Å². The summed E-state index contributed by atoms with van der Waals surface area (Å²) in [7, 11) is 0. The van der Waals surface area contributed by atoms with E-state index in [2.05, 4.69) is 17.6 Å². The van der Waals surface area contributed by atoms with Crippen LogP contribution in [0.5, 0.6) is 17.2 Å². The highest BCUT2D eigenvalue weighted by atomic mass is 16.7. The van der Waals surface area contributed by atoms with Gasteiger partial charge in [-0.2, -0.15) is 0 Å². The SMILES string of the molecule is CCOc1ccc(NC(=O)C2[C@@H]3C=C[C@]4(O3)C(C(=O)NC3CCCCC3C)N(Cc3ccc5c(c3)OCO5)C(=O)[C@H]24)cc1. The predicted octanol–water partition coefficient (Wildman–Crippen LogP) is 3.80. The number of nitrogens with one attached hydrogen (secondary N) is 2. The summed E-state index contributed by atoms with van der Waals surface area (Å²) in [5, 5.41) is 6.24. The quantitative estimate of drug-likeness (QED) is 0.452. The van der Waals surface area contributed by atoms with Crippen molar-refractivity contribution in [2.45, 2.75) is 69.9 Å². The number of ether oxygens (including phenoxy) is 4. The van der Waals surface area contributed by atoms with Crippen LogP contribution in [0, 0.1) is 17.8 Å². The van der Waals surface area contributed by atoms with E-state index in [1.54, 1.807) is 29.2 Å². The van der Waals surface area contributed by atoms with Crippen molar-refractivity contribution in [1.29, 1.82) is 0 Å². The normalized spacial score (nSPS) is 31.7. The molecule has 4 aliphatic heterocycles. The largest absolute Gasteiger partial charge is 0.494 e. The van der Waals surface area contributed by atoms with Crippen LogP contribution in [0.2, 0.25) is 0 Å². The zero-order valence-corrected chi connectivity index (χ0v) is 24.4. The molecule has 226 valence electrons. The fourth-order valence-corrected chi connectivity index (χ4v) is 7.49. The van der Waals surface area contributed by atoms with Gasteiger partial charge in [0.15, 0.2) is 11.5 Å². The smallest absolute Gasteiger partial charge is 0.246 e. The van der Waals surface area contributed by atoms with Crippen LogP contribution >= 0.6 is 0 Å². The Hall–Kier alpha value is -4.05. The molecule has 2 saturated heterocycles. The van der Waals surface area contributed by atoms with Crippen LogP contribution in [-0.4, -0.2) is 59.8 Å². The van der Waals surface area contributed by atoms with E-state index in [-0.39, 0.29) is 37.1 Å². The summed E-state index contributed by atoms with van der Waals surface area (Å²) < 4.78 is 23.0. The Balaban J connectivity index is 1.19. The summed E-state index contributed by atoms with van der Waals surface area (Å²) in [4.78, 5) is 43.9. The number of carbonyl (C=O) groups excluding carboxylic acids is 3. The number of hydrogen-bond acceptors (Lipinski definition) is 7. The second kappa shape index (κ2) is 10.9. The number of nitrogens with zero attached hydrogens (tertiary/aromatic N) is 1. The van der Waals surface area contributed by atoms with Crippen molar-refractivity contribution >= 4 is 23.4 Å². The van der Waals surface area contributed by atoms with Gasteiger partial charge in [0.05, 0.1) is 24.5 Å². The molecular weight excluding hydrogens is 550 g/mol. The Kier molecular flexibility index (Phi) is 7.04. The molecule has 1 spiro atoms. The molecule has 2 N–H and O–H groups in total. The minimum Gasteiger partial charge on any atom is -0.494 e. The summed E-state index contributed by atoms with van der Waals surface area (Å²) in [6.07, 6.45) is 7.23. The third-order valence-electron chi connectivity index (χ3n) is 9.59. The lowest BCUT2D eigenvalue weighted by atomic mass is 9.74. The highest BCUT2D eigenvalue weighted by Crippen LogP contribution is 2.55. The van der Waals surface area contributed by atoms with Gasteiger partial charge in [0.25, 0.3) is 0 Å². The molecule has 5 aliphatic rings. The molecule has 7 atom stereocenters. The lowest BCUT2D eigenvalue weighted by Gasteiger charge is -2.36. The minimum absolute atomic E-state index is 0.0283. The monoisotopic (exact) mass is 587 g/mol. The molecular formula is C33H37N3O7. The van der Waals surface area contributed by atoms with E-state index in [1.165, 1.54) is 0 Å². The fourth-order valence-electron chi connectivity index (χ4n) is 7.49. The molecule has 2 bridgehead atoms. The first-order chi connectivity index (χ1) is 20.9.